The van der Waals surface area contributed by atoms with Gasteiger partial charge in [-0.1, -0.05) is 6.08 Å². The third-order valence-corrected chi connectivity index (χ3v) is 0.986. The molecule has 0 saturated carbocycles. The summed E-state index contributed by atoms with van der Waals surface area (Å²) in [5.74, 6) is 0. The van der Waals surface area contributed by atoms with Gasteiger partial charge in [0.05, 0.1) is 18.7 Å². The van der Waals surface area contributed by atoms with Crippen molar-refractivity contribution in [1.82, 2.24) is 5.43 Å². The van der Waals surface area contributed by atoms with Crippen LogP contribution in [0.2, 0.25) is 0 Å². The predicted molar refractivity (Wildman–Crippen MR) is 36.1 cm³/mol. The zero-order valence-corrected chi connectivity index (χ0v) is 5.47. The molecular weight excluding hydrogens is 136 g/mol. The molecule has 0 fully saturated rings. The molecule has 1 heterocycles. The molecule has 0 aliphatic carbocycles. The fraction of sp³-hybridized carbons (Fsp3) is 0.200. The summed E-state index contributed by atoms with van der Waals surface area (Å²) in [6.45, 7) is 0. The van der Waals surface area contributed by atoms with Crippen molar-refractivity contribution in [3.05, 3.63) is 24.5 Å². The topological polar surface area (TPSA) is 33.6 Å². The molecule has 9 heavy (non-hydrogen) atoms. The Kier molecular flexibility index (Phi) is 2.21. The minimum Gasteiger partial charge on any atom is -0.473 e. The standard InChI is InChI=1S/C5H6N2OS/c9-7-6-5-3-1-2-4-8-5/h1-5H,(H,6,9)/t5-/m0/s1. The summed E-state index contributed by atoms with van der Waals surface area (Å²) in [6, 6.07) is 0. The number of nitrogens with one attached hydrogen (secondary N) is 1. The Morgan fingerprint density at radius 2 is 2.44 bits per heavy atom. The van der Waals surface area contributed by atoms with E-state index in [1.165, 1.54) is 0 Å². The maximum atomic E-state index is 4.98. The average molecular weight is 142 g/mol. The van der Waals surface area contributed by atoms with Crippen molar-refractivity contribution in [2.75, 3.05) is 0 Å². The number of hydrogen-bond acceptors (Lipinski definition) is 3. The van der Waals surface area contributed by atoms with Crippen LogP contribution < -0.4 is 5.43 Å². The van der Waals surface area contributed by atoms with Crippen molar-refractivity contribution in [1.29, 1.82) is 0 Å². The van der Waals surface area contributed by atoms with Gasteiger partial charge in [0.2, 0.25) is 6.23 Å². The van der Waals surface area contributed by atoms with Gasteiger partial charge in [-0.25, -0.2) is 0 Å². The van der Waals surface area contributed by atoms with E-state index in [1.54, 1.807) is 12.3 Å². The number of ether oxygens (including phenoxy) is 1. The lowest BCUT2D eigenvalue weighted by atomic mass is 10.4. The zero-order valence-electron chi connectivity index (χ0n) is 4.65. The molecule has 1 rings (SSSR count). The summed E-state index contributed by atoms with van der Waals surface area (Å²) < 4.78 is 8.26. The van der Waals surface area contributed by atoms with Crippen LogP contribution in [0.5, 0.6) is 0 Å². The highest BCUT2D eigenvalue weighted by Gasteiger charge is 2.00. The Labute approximate surface area is 58.5 Å². The van der Waals surface area contributed by atoms with E-state index in [-0.39, 0.29) is 6.23 Å². The van der Waals surface area contributed by atoms with Gasteiger partial charge in [0.1, 0.15) is 0 Å². The molecule has 1 N–H and O–H groups in total. The van der Waals surface area contributed by atoms with Gasteiger partial charge < -0.3 is 4.74 Å². The SMILES string of the molecule is S=NN[C@@H]1C=CC=CO1. The molecule has 0 aromatic heterocycles. The lowest BCUT2D eigenvalue weighted by molar-refractivity contribution is 0.153. The third kappa shape index (κ3) is 1.81. The summed E-state index contributed by atoms with van der Waals surface area (Å²) in [4.78, 5) is 0. The first kappa shape index (κ1) is 6.22. The second-order valence-electron chi connectivity index (χ2n) is 1.49. The van der Waals surface area contributed by atoms with Crippen LogP contribution >= 0.6 is 0 Å². The van der Waals surface area contributed by atoms with Gasteiger partial charge in [0.15, 0.2) is 0 Å². The summed E-state index contributed by atoms with van der Waals surface area (Å²) in [5, 5.41) is 0. The molecule has 1 atom stereocenters. The second kappa shape index (κ2) is 3.19. The van der Waals surface area contributed by atoms with Crippen LogP contribution in [0.4, 0.5) is 0 Å². The number of rotatable bonds is 2. The van der Waals surface area contributed by atoms with Gasteiger partial charge >= 0.3 is 0 Å². The molecule has 3 nitrogen and oxygen atoms in total. The van der Waals surface area contributed by atoms with E-state index in [1.807, 2.05) is 12.2 Å². The van der Waals surface area contributed by atoms with Crippen LogP contribution in [-0.4, -0.2) is 6.23 Å². The van der Waals surface area contributed by atoms with E-state index in [0.717, 1.165) is 0 Å². The lowest BCUT2D eigenvalue weighted by Gasteiger charge is -2.12. The molecule has 0 radical (unpaired) electrons. The molecular formula is C5H6N2OS. The van der Waals surface area contributed by atoms with Crippen LogP contribution in [0.1, 0.15) is 0 Å². The fourth-order valence-electron chi connectivity index (χ4n) is 0.511. The van der Waals surface area contributed by atoms with Gasteiger partial charge in [-0.3, -0.25) is 5.43 Å². The first-order chi connectivity index (χ1) is 4.43. The highest BCUT2D eigenvalue weighted by atomic mass is 32.1. The highest BCUT2D eigenvalue weighted by Crippen LogP contribution is 1.97. The molecule has 0 saturated heterocycles. The van der Waals surface area contributed by atoms with Crippen LogP contribution in [0.25, 0.3) is 0 Å². The summed E-state index contributed by atoms with van der Waals surface area (Å²) in [5.41, 5.74) is 2.56. The molecule has 1 aliphatic heterocycles. The van der Waals surface area contributed by atoms with Crippen LogP contribution in [0, 0.1) is 0 Å². The molecule has 0 amide bonds. The normalized spacial score (nSPS) is 22.9. The Hall–Kier alpha value is -0.900. The lowest BCUT2D eigenvalue weighted by Crippen LogP contribution is -2.23. The van der Waals surface area contributed by atoms with Gasteiger partial charge in [-0.15, -0.1) is 4.47 Å². The van der Waals surface area contributed by atoms with Crippen LogP contribution in [0.3, 0.4) is 0 Å². The Bertz CT molecular complexity index is 153. The predicted octanol–water partition coefficient (Wildman–Crippen LogP) is 0.648. The quantitative estimate of drug-likeness (QED) is 0.575. The molecule has 48 valence electrons. The first-order valence-electron chi connectivity index (χ1n) is 2.50. The Morgan fingerprint density at radius 3 is 3.00 bits per heavy atom. The molecule has 0 aromatic rings. The molecule has 4 heteroatoms. The van der Waals surface area contributed by atoms with Crippen molar-refractivity contribution < 1.29 is 4.74 Å². The van der Waals surface area contributed by atoms with Crippen LogP contribution in [-0.2, 0) is 17.2 Å². The van der Waals surface area contributed by atoms with Crippen LogP contribution in [0.15, 0.2) is 29.0 Å². The van der Waals surface area contributed by atoms with E-state index in [0.29, 0.717) is 0 Å². The average Bonchev–Trinajstić information content (AvgIpc) is 1.91. The zero-order chi connectivity index (χ0) is 6.53. The second-order valence-corrected chi connectivity index (χ2v) is 1.67. The van der Waals surface area contributed by atoms with Crippen molar-refractivity contribution in [3.63, 3.8) is 0 Å². The maximum Gasteiger partial charge on any atom is 0.204 e. The largest absolute Gasteiger partial charge is 0.473 e. The van der Waals surface area contributed by atoms with Crippen molar-refractivity contribution in [2.45, 2.75) is 6.23 Å². The smallest absolute Gasteiger partial charge is 0.204 e. The van der Waals surface area contributed by atoms with Crippen molar-refractivity contribution in [2.24, 2.45) is 4.47 Å². The summed E-state index contributed by atoms with van der Waals surface area (Å²) in [7, 11) is 0. The molecule has 0 bridgehead atoms. The minimum absolute atomic E-state index is 0.188. The minimum atomic E-state index is -0.188. The van der Waals surface area contributed by atoms with E-state index in [4.69, 9.17) is 4.74 Å². The van der Waals surface area contributed by atoms with E-state index in [2.05, 4.69) is 22.3 Å². The van der Waals surface area contributed by atoms with Gasteiger partial charge in [-0.05, 0) is 12.2 Å². The van der Waals surface area contributed by atoms with E-state index in [9.17, 15) is 0 Å². The maximum absolute atomic E-state index is 4.98. The van der Waals surface area contributed by atoms with E-state index < -0.39 is 0 Å². The van der Waals surface area contributed by atoms with Crippen molar-refractivity contribution >= 4 is 12.4 Å². The number of allylic oxidation sites excluding steroid dienone is 2. The van der Waals surface area contributed by atoms with Gasteiger partial charge in [-0.2, -0.15) is 0 Å². The molecule has 0 spiro atoms. The van der Waals surface area contributed by atoms with E-state index >= 15 is 0 Å². The first-order valence-corrected chi connectivity index (χ1v) is 2.86. The number of hydrogen-bond donors (Lipinski definition) is 1. The van der Waals surface area contributed by atoms with Gasteiger partial charge in [0.25, 0.3) is 0 Å². The summed E-state index contributed by atoms with van der Waals surface area (Å²) in [6.07, 6.45) is 6.87. The molecule has 0 unspecified atom stereocenters. The van der Waals surface area contributed by atoms with Gasteiger partial charge in [0, 0.05) is 0 Å². The number of nitrogens with zero attached hydrogens (tertiary/aromatic N) is 1. The molecule has 0 aromatic carbocycles. The molecule has 1 aliphatic rings. The highest BCUT2D eigenvalue weighted by molar-refractivity contribution is 7.47. The summed E-state index contributed by atoms with van der Waals surface area (Å²) >= 11 is 4.31. The Balaban J connectivity index is 2.36. The monoisotopic (exact) mass is 142 g/mol. The Morgan fingerprint density at radius 1 is 1.56 bits per heavy atom. The van der Waals surface area contributed by atoms with Crippen molar-refractivity contribution in [3.8, 4) is 0 Å². The third-order valence-electron chi connectivity index (χ3n) is 0.881. The fourth-order valence-corrected chi connectivity index (χ4v) is 0.615.